The summed E-state index contributed by atoms with van der Waals surface area (Å²) in [7, 11) is 0. The molecule has 1 fully saturated rings. The summed E-state index contributed by atoms with van der Waals surface area (Å²) in [6.07, 6.45) is 2.49. The van der Waals surface area contributed by atoms with Gasteiger partial charge in [-0.05, 0) is 70.8 Å². The zero-order valence-corrected chi connectivity index (χ0v) is 17.2. The second-order valence-corrected chi connectivity index (χ2v) is 8.17. The van der Waals surface area contributed by atoms with E-state index in [-0.39, 0.29) is 0 Å². The lowest BCUT2D eigenvalue weighted by molar-refractivity contribution is 0.460. The molecule has 4 aromatic carbocycles. The maximum Gasteiger partial charge on any atom is -0.00431 e. The van der Waals surface area contributed by atoms with Crippen molar-refractivity contribution in [3.8, 4) is 33.4 Å². The monoisotopic (exact) mass is 389 g/mol. The Morgan fingerprint density at radius 1 is 0.433 bits per heavy atom. The molecule has 1 aliphatic heterocycles. The van der Waals surface area contributed by atoms with Gasteiger partial charge in [0, 0.05) is 0 Å². The van der Waals surface area contributed by atoms with Crippen molar-refractivity contribution in [1.82, 2.24) is 5.32 Å². The van der Waals surface area contributed by atoms with Gasteiger partial charge in [-0.25, -0.2) is 0 Å². The minimum atomic E-state index is 0.710. The van der Waals surface area contributed by atoms with Gasteiger partial charge >= 0.3 is 0 Å². The van der Waals surface area contributed by atoms with Crippen LogP contribution in [0.3, 0.4) is 0 Å². The summed E-state index contributed by atoms with van der Waals surface area (Å²) in [4.78, 5) is 0. The first-order valence-electron chi connectivity index (χ1n) is 10.9. The van der Waals surface area contributed by atoms with Crippen LogP contribution in [0.2, 0.25) is 0 Å². The van der Waals surface area contributed by atoms with Gasteiger partial charge in [0.2, 0.25) is 0 Å². The second kappa shape index (κ2) is 8.69. The van der Waals surface area contributed by atoms with E-state index in [0.29, 0.717) is 5.92 Å². The van der Waals surface area contributed by atoms with E-state index in [0.717, 1.165) is 13.1 Å². The Hall–Kier alpha value is -3.16. The lowest BCUT2D eigenvalue weighted by Gasteiger charge is -2.23. The molecule has 0 aromatic heterocycles. The van der Waals surface area contributed by atoms with Crippen LogP contribution in [-0.2, 0) is 0 Å². The molecule has 1 N–H and O–H groups in total. The average Bonchev–Trinajstić information content (AvgIpc) is 2.85. The summed E-state index contributed by atoms with van der Waals surface area (Å²) in [5, 5.41) is 3.45. The first kappa shape index (κ1) is 18.8. The highest BCUT2D eigenvalue weighted by molar-refractivity contribution is 5.73. The van der Waals surface area contributed by atoms with E-state index in [1.165, 1.54) is 51.8 Å². The van der Waals surface area contributed by atoms with Crippen LogP contribution in [0.15, 0.2) is 103 Å². The molecular formula is C29H27N. The first-order chi connectivity index (χ1) is 14.9. The molecule has 148 valence electrons. The molecule has 5 rings (SSSR count). The minimum Gasteiger partial charge on any atom is -0.317 e. The Balaban J connectivity index is 1.31. The molecule has 0 bridgehead atoms. The standard InChI is InChI=1S/C29H27N/c1-2-4-22(5-3-1)23-6-8-24(9-7-23)25-10-12-26(13-11-25)27-14-16-28(17-15-27)29-18-20-30-21-19-29/h1-17,29-30H,18-21H2. The van der Waals surface area contributed by atoms with Gasteiger partial charge in [0.1, 0.15) is 0 Å². The van der Waals surface area contributed by atoms with Gasteiger partial charge in [0.05, 0.1) is 0 Å². The molecule has 0 unspecified atom stereocenters. The fourth-order valence-corrected chi connectivity index (χ4v) is 4.44. The molecule has 4 aromatic rings. The Labute approximate surface area is 179 Å². The fraction of sp³-hybridized carbons (Fsp3) is 0.172. The molecule has 1 heteroatoms. The minimum absolute atomic E-state index is 0.710. The normalized spacial score (nSPS) is 14.5. The van der Waals surface area contributed by atoms with E-state index < -0.39 is 0 Å². The van der Waals surface area contributed by atoms with Crippen LogP contribution in [0.4, 0.5) is 0 Å². The fourth-order valence-electron chi connectivity index (χ4n) is 4.44. The quantitative estimate of drug-likeness (QED) is 0.391. The van der Waals surface area contributed by atoms with Crippen molar-refractivity contribution in [2.45, 2.75) is 18.8 Å². The highest BCUT2D eigenvalue weighted by Gasteiger charge is 2.14. The summed E-state index contributed by atoms with van der Waals surface area (Å²) < 4.78 is 0. The molecule has 1 heterocycles. The third kappa shape index (κ3) is 4.08. The molecule has 0 amide bonds. The number of hydrogen-bond acceptors (Lipinski definition) is 1. The van der Waals surface area contributed by atoms with Crippen LogP contribution < -0.4 is 5.32 Å². The Bertz CT molecular complexity index is 1070. The number of nitrogens with one attached hydrogen (secondary N) is 1. The van der Waals surface area contributed by atoms with E-state index >= 15 is 0 Å². The van der Waals surface area contributed by atoms with Crippen molar-refractivity contribution in [3.63, 3.8) is 0 Å². The highest BCUT2D eigenvalue weighted by Crippen LogP contribution is 2.30. The summed E-state index contributed by atoms with van der Waals surface area (Å²) in [5.41, 5.74) is 9.06. The van der Waals surface area contributed by atoms with Crippen LogP contribution in [0, 0.1) is 0 Å². The van der Waals surface area contributed by atoms with E-state index in [1.54, 1.807) is 0 Å². The number of hydrogen-bond donors (Lipinski definition) is 1. The largest absolute Gasteiger partial charge is 0.317 e. The van der Waals surface area contributed by atoms with E-state index in [1.807, 2.05) is 0 Å². The van der Waals surface area contributed by atoms with Crippen molar-refractivity contribution >= 4 is 0 Å². The summed E-state index contributed by atoms with van der Waals surface area (Å²) >= 11 is 0. The van der Waals surface area contributed by atoms with Crippen LogP contribution in [0.5, 0.6) is 0 Å². The van der Waals surface area contributed by atoms with Gasteiger partial charge in [0.15, 0.2) is 0 Å². The third-order valence-electron chi connectivity index (χ3n) is 6.26. The Kier molecular flexibility index (Phi) is 5.46. The SMILES string of the molecule is c1ccc(-c2ccc(-c3ccc(-c4ccc(C5CCNCC5)cc4)cc3)cc2)cc1. The lowest BCUT2D eigenvalue weighted by atomic mass is 9.89. The van der Waals surface area contributed by atoms with Gasteiger partial charge in [-0.3, -0.25) is 0 Å². The first-order valence-corrected chi connectivity index (χ1v) is 10.9. The van der Waals surface area contributed by atoms with Crippen LogP contribution in [-0.4, -0.2) is 13.1 Å². The summed E-state index contributed by atoms with van der Waals surface area (Å²) in [6, 6.07) is 37.5. The van der Waals surface area contributed by atoms with E-state index in [9.17, 15) is 0 Å². The van der Waals surface area contributed by atoms with Crippen molar-refractivity contribution in [3.05, 3.63) is 109 Å². The van der Waals surface area contributed by atoms with Crippen molar-refractivity contribution in [2.75, 3.05) is 13.1 Å². The van der Waals surface area contributed by atoms with Gasteiger partial charge in [-0.1, -0.05) is 103 Å². The van der Waals surface area contributed by atoms with Gasteiger partial charge in [0.25, 0.3) is 0 Å². The maximum absolute atomic E-state index is 3.45. The number of benzene rings is 4. The van der Waals surface area contributed by atoms with Crippen LogP contribution in [0.25, 0.3) is 33.4 Å². The van der Waals surface area contributed by atoms with Crippen LogP contribution in [0.1, 0.15) is 24.3 Å². The van der Waals surface area contributed by atoms with E-state index in [4.69, 9.17) is 0 Å². The van der Waals surface area contributed by atoms with Crippen molar-refractivity contribution in [2.24, 2.45) is 0 Å². The molecule has 0 atom stereocenters. The van der Waals surface area contributed by atoms with Gasteiger partial charge in [-0.2, -0.15) is 0 Å². The summed E-state index contributed by atoms with van der Waals surface area (Å²) in [6.45, 7) is 2.28. The van der Waals surface area contributed by atoms with E-state index in [2.05, 4.69) is 108 Å². The third-order valence-corrected chi connectivity index (χ3v) is 6.26. The van der Waals surface area contributed by atoms with Crippen molar-refractivity contribution < 1.29 is 0 Å². The number of rotatable bonds is 4. The van der Waals surface area contributed by atoms with Crippen molar-refractivity contribution in [1.29, 1.82) is 0 Å². The molecular weight excluding hydrogens is 362 g/mol. The predicted molar refractivity (Wildman–Crippen MR) is 128 cm³/mol. The lowest BCUT2D eigenvalue weighted by Crippen LogP contribution is -2.26. The zero-order chi connectivity index (χ0) is 20.2. The average molecular weight is 390 g/mol. The molecule has 0 radical (unpaired) electrons. The molecule has 1 saturated heterocycles. The maximum atomic E-state index is 3.45. The smallest absolute Gasteiger partial charge is 0.00431 e. The zero-order valence-electron chi connectivity index (χ0n) is 17.2. The summed E-state index contributed by atoms with van der Waals surface area (Å²) in [5.74, 6) is 0.710. The molecule has 1 nitrogen and oxygen atoms in total. The predicted octanol–water partition coefficient (Wildman–Crippen LogP) is 7.15. The second-order valence-electron chi connectivity index (χ2n) is 8.17. The van der Waals surface area contributed by atoms with Crippen LogP contribution >= 0.6 is 0 Å². The highest BCUT2D eigenvalue weighted by atomic mass is 14.9. The van der Waals surface area contributed by atoms with Gasteiger partial charge < -0.3 is 5.32 Å². The Morgan fingerprint density at radius 3 is 1.23 bits per heavy atom. The molecule has 30 heavy (non-hydrogen) atoms. The molecule has 0 aliphatic carbocycles. The topological polar surface area (TPSA) is 12.0 Å². The van der Waals surface area contributed by atoms with Gasteiger partial charge in [-0.15, -0.1) is 0 Å². The molecule has 1 aliphatic rings. The molecule has 0 spiro atoms. The molecule has 0 saturated carbocycles. The number of piperidine rings is 1. The Morgan fingerprint density at radius 2 is 0.800 bits per heavy atom.